The number of carbonyl (C=O) groups is 1. The number of quaternary nitrogens is 1. The molecule has 0 spiro atoms. The highest BCUT2D eigenvalue weighted by molar-refractivity contribution is 7.10. The summed E-state index contributed by atoms with van der Waals surface area (Å²) < 4.78 is 0. The van der Waals surface area contributed by atoms with Crippen molar-refractivity contribution in [1.29, 1.82) is 0 Å². The van der Waals surface area contributed by atoms with Crippen molar-refractivity contribution >= 4 is 28.6 Å². The van der Waals surface area contributed by atoms with Crippen molar-refractivity contribution in [3.8, 4) is 12.3 Å². The molecule has 0 fully saturated rings. The number of terminal acetylenes is 1. The standard InChI is InChI=1S/C16H16N2OS2/c1-2-7-17-15(19)11-18-8-5-13-12(6-10-21-13)16(18)14-4-3-9-20-14/h1,3-4,6,9-10,16H,5,7-8,11H2,(H,17,19)/p+1/t16-/m1/s1. The zero-order valence-corrected chi connectivity index (χ0v) is 13.2. The first kappa shape index (κ1) is 14.3. The predicted molar refractivity (Wildman–Crippen MR) is 86.7 cm³/mol. The lowest BCUT2D eigenvalue weighted by molar-refractivity contribution is -0.919. The maximum Gasteiger partial charge on any atom is 0.275 e. The van der Waals surface area contributed by atoms with Crippen LogP contribution in [-0.2, 0) is 11.2 Å². The Bertz CT molecular complexity index is 654. The van der Waals surface area contributed by atoms with Crippen molar-refractivity contribution in [2.75, 3.05) is 19.6 Å². The SMILES string of the molecule is C#CCNC(=O)C[NH+]1CCc2sccc2[C@@H]1c1cccs1. The van der Waals surface area contributed by atoms with Crippen molar-refractivity contribution in [2.45, 2.75) is 12.5 Å². The average Bonchev–Trinajstić information content (AvgIpc) is 3.15. The fourth-order valence-electron chi connectivity index (χ4n) is 2.87. The molecular weight excluding hydrogens is 300 g/mol. The number of fused-ring (bicyclic) bond motifs is 1. The van der Waals surface area contributed by atoms with Crippen LogP contribution in [0.4, 0.5) is 0 Å². The van der Waals surface area contributed by atoms with Crippen molar-refractivity contribution in [3.05, 3.63) is 44.3 Å². The van der Waals surface area contributed by atoms with Crippen LogP contribution in [0.1, 0.15) is 21.4 Å². The van der Waals surface area contributed by atoms with Crippen LogP contribution < -0.4 is 10.2 Å². The first-order valence-corrected chi connectivity index (χ1v) is 8.70. The van der Waals surface area contributed by atoms with E-state index < -0.39 is 0 Å². The van der Waals surface area contributed by atoms with Gasteiger partial charge in [0.25, 0.3) is 5.91 Å². The van der Waals surface area contributed by atoms with Gasteiger partial charge in [0.05, 0.1) is 18.0 Å². The van der Waals surface area contributed by atoms with E-state index >= 15 is 0 Å². The molecule has 1 unspecified atom stereocenters. The Morgan fingerprint density at radius 2 is 2.33 bits per heavy atom. The fraction of sp³-hybridized carbons (Fsp3) is 0.312. The van der Waals surface area contributed by atoms with Crippen LogP contribution in [0.25, 0.3) is 0 Å². The third-order valence-electron chi connectivity index (χ3n) is 3.78. The van der Waals surface area contributed by atoms with E-state index in [0.29, 0.717) is 13.1 Å². The van der Waals surface area contributed by atoms with E-state index in [1.165, 1.54) is 20.2 Å². The molecule has 0 bridgehead atoms. The number of amides is 1. The van der Waals surface area contributed by atoms with Crippen LogP contribution in [0.3, 0.4) is 0 Å². The third kappa shape index (κ3) is 3.03. The highest BCUT2D eigenvalue weighted by atomic mass is 32.1. The Balaban J connectivity index is 1.83. The molecule has 2 aromatic rings. The highest BCUT2D eigenvalue weighted by Crippen LogP contribution is 2.31. The first-order valence-electron chi connectivity index (χ1n) is 6.94. The Hall–Kier alpha value is -1.61. The lowest BCUT2D eigenvalue weighted by Gasteiger charge is -2.31. The van der Waals surface area contributed by atoms with Gasteiger partial charge in [-0.3, -0.25) is 4.79 Å². The molecule has 3 nitrogen and oxygen atoms in total. The number of nitrogens with one attached hydrogen (secondary N) is 2. The highest BCUT2D eigenvalue weighted by Gasteiger charge is 2.34. The molecule has 21 heavy (non-hydrogen) atoms. The molecule has 2 N–H and O–H groups in total. The van der Waals surface area contributed by atoms with Gasteiger partial charge in [-0.2, -0.15) is 0 Å². The van der Waals surface area contributed by atoms with Gasteiger partial charge in [0, 0.05) is 16.9 Å². The van der Waals surface area contributed by atoms with Crippen molar-refractivity contribution < 1.29 is 9.69 Å². The summed E-state index contributed by atoms with van der Waals surface area (Å²) in [5.41, 5.74) is 1.38. The molecule has 2 atom stereocenters. The van der Waals surface area contributed by atoms with Crippen molar-refractivity contribution in [3.63, 3.8) is 0 Å². The predicted octanol–water partition coefficient (Wildman–Crippen LogP) is 1.09. The second kappa shape index (κ2) is 6.44. The van der Waals surface area contributed by atoms with Crippen LogP contribution in [0, 0.1) is 12.3 Å². The number of hydrogen-bond donors (Lipinski definition) is 2. The van der Waals surface area contributed by atoms with E-state index in [-0.39, 0.29) is 11.9 Å². The number of thiophene rings is 2. The van der Waals surface area contributed by atoms with Gasteiger partial charge in [-0.15, -0.1) is 29.1 Å². The van der Waals surface area contributed by atoms with Crippen LogP contribution in [0.2, 0.25) is 0 Å². The van der Waals surface area contributed by atoms with E-state index in [1.54, 1.807) is 11.3 Å². The van der Waals surface area contributed by atoms with Crippen molar-refractivity contribution in [2.24, 2.45) is 0 Å². The average molecular weight is 317 g/mol. The third-order valence-corrected chi connectivity index (χ3v) is 5.71. The van der Waals surface area contributed by atoms with Gasteiger partial charge in [0.2, 0.25) is 0 Å². The second-order valence-corrected chi connectivity index (χ2v) is 7.04. The quantitative estimate of drug-likeness (QED) is 0.813. The zero-order valence-electron chi connectivity index (χ0n) is 11.6. The van der Waals surface area contributed by atoms with E-state index in [9.17, 15) is 4.79 Å². The number of hydrogen-bond acceptors (Lipinski definition) is 3. The maximum absolute atomic E-state index is 12.0. The summed E-state index contributed by atoms with van der Waals surface area (Å²) >= 11 is 3.59. The summed E-state index contributed by atoms with van der Waals surface area (Å²) in [7, 11) is 0. The van der Waals surface area contributed by atoms with Gasteiger partial charge in [0.15, 0.2) is 6.54 Å². The van der Waals surface area contributed by atoms with Gasteiger partial charge in [-0.25, -0.2) is 0 Å². The molecule has 0 aromatic carbocycles. The van der Waals surface area contributed by atoms with Crippen LogP contribution in [0.15, 0.2) is 29.0 Å². The fourth-order valence-corrected chi connectivity index (χ4v) is 4.69. The minimum absolute atomic E-state index is 0.0307. The summed E-state index contributed by atoms with van der Waals surface area (Å²) in [5, 5.41) is 7.04. The zero-order chi connectivity index (χ0) is 14.7. The van der Waals surface area contributed by atoms with Gasteiger partial charge in [0.1, 0.15) is 6.04 Å². The molecule has 3 rings (SSSR count). The van der Waals surface area contributed by atoms with Crippen LogP contribution in [-0.4, -0.2) is 25.5 Å². The minimum Gasteiger partial charge on any atom is -0.340 e. The van der Waals surface area contributed by atoms with Gasteiger partial charge >= 0.3 is 0 Å². The van der Waals surface area contributed by atoms with Gasteiger partial charge < -0.3 is 10.2 Å². The molecule has 3 heterocycles. The van der Waals surface area contributed by atoms with E-state index in [1.807, 2.05) is 11.3 Å². The Morgan fingerprint density at radius 1 is 1.43 bits per heavy atom. The normalized spacial score (nSPS) is 20.5. The first-order chi connectivity index (χ1) is 10.3. The summed E-state index contributed by atoms with van der Waals surface area (Å²) in [6, 6.07) is 6.73. The Kier molecular flexibility index (Phi) is 4.39. The molecule has 1 amide bonds. The molecule has 0 radical (unpaired) electrons. The molecular formula is C16H17N2OS2+. The van der Waals surface area contributed by atoms with E-state index in [4.69, 9.17) is 6.42 Å². The second-order valence-electron chi connectivity index (χ2n) is 5.06. The molecule has 0 saturated carbocycles. The lowest BCUT2D eigenvalue weighted by Crippen LogP contribution is -3.14. The van der Waals surface area contributed by atoms with E-state index in [2.05, 4.69) is 40.2 Å². The molecule has 108 valence electrons. The maximum atomic E-state index is 12.0. The lowest BCUT2D eigenvalue weighted by atomic mass is 9.98. The van der Waals surface area contributed by atoms with Gasteiger partial charge in [-0.1, -0.05) is 12.0 Å². The topological polar surface area (TPSA) is 33.5 Å². The Labute approximate surface area is 132 Å². The monoisotopic (exact) mass is 317 g/mol. The minimum atomic E-state index is 0.0307. The summed E-state index contributed by atoms with van der Waals surface area (Å²) in [6.45, 7) is 1.76. The smallest absolute Gasteiger partial charge is 0.275 e. The van der Waals surface area contributed by atoms with Crippen molar-refractivity contribution in [1.82, 2.24) is 5.32 Å². The van der Waals surface area contributed by atoms with Gasteiger partial charge in [-0.05, 0) is 22.9 Å². The van der Waals surface area contributed by atoms with Crippen LogP contribution in [0.5, 0.6) is 0 Å². The summed E-state index contributed by atoms with van der Waals surface area (Å²) in [4.78, 5) is 16.1. The van der Waals surface area contributed by atoms with Crippen LogP contribution >= 0.6 is 22.7 Å². The molecule has 1 aliphatic rings. The largest absolute Gasteiger partial charge is 0.340 e. The molecule has 0 aliphatic carbocycles. The number of carbonyl (C=O) groups excluding carboxylic acids is 1. The molecule has 0 saturated heterocycles. The Morgan fingerprint density at radius 3 is 3.10 bits per heavy atom. The summed E-state index contributed by atoms with van der Waals surface area (Å²) in [6.07, 6.45) is 6.24. The molecule has 1 aliphatic heterocycles. The molecule has 5 heteroatoms. The molecule has 2 aromatic heterocycles. The van der Waals surface area contributed by atoms with E-state index in [0.717, 1.165) is 13.0 Å². The number of rotatable bonds is 4. The summed E-state index contributed by atoms with van der Waals surface area (Å²) in [5.74, 6) is 2.48.